The minimum absolute atomic E-state index is 0.251. The van der Waals surface area contributed by atoms with Crippen molar-refractivity contribution in [3.8, 4) is 11.5 Å². The molecule has 0 fully saturated rings. The van der Waals surface area contributed by atoms with Crippen molar-refractivity contribution in [1.29, 1.82) is 0 Å². The monoisotopic (exact) mass is 405 g/mol. The third-order valence-corrected chi connectivity index (χ3v) is 3.99. The van der Waals surface area contributed by atoms with E-state index in [1.807, 2.05) is 0 Å². The number of amides is 2. The predicted octanol–water partition coefficient (Wildman–Crippen LogP) is 0.824. The van der Waals surface area contributed by atoms with Crippen molar-refractivity contribution in [2.75, 3.05) is 13.7 Å². The maximum atomic E-state index is 12.4. The largest absolute Gasteiger partial charge is 0.550 e. The maximum Gasteiger partial charge on any atom is 0.255 e. The van der Waals surface area contributed by atoms with E-state index in [0.717, 1.165) is 0 Å². The van der Waals surface area contributed by atoms with Gasteiger partial charge in [-0.1, -0.05) is 17.7 Å². The molecule has 8 nitrogen and oxygen atoms in total. The number of primary amides is 1. The van der Waals surface area contributed by atoms with Gasteiger partial charge in [0, 0.05) is 23.0 Å². The second-order valence-electron chi connectivity index (χ2n) is 5.77. The summed E-state index contributed by atoms with van der Waals surface area (Å²) < 4.78 is 10.4. The van der Waals surface area contributed by atoms with Crippen LogP contribution in [0.25, 0.3) is 0 Å². The van der Waals surface area contributed by atoms with Crippen LogP contribution in [-0.2, 0) is 9.59 Å². The van der Waals surface area contributed by atoms with E-state index in [2.05, 4.69) is 5.32 Å². The van der Waals surface area contributed by atoms with E-state index in [1.54, 1.807) is 18.2 Å². The molecule has 2 aromatic carbocycles. The Bertz CT molecular complexity index is 869. The van der Waals surface area contributed by atoms with Crippen LogP contribution in [0, 0.1) is 0 Å². The van der Waals surface area contributed by atoms with Crippen LogP contribution in [0.15, 0.2) is 42.5 Å². The molecular formula is C19H18ClN2O6-. The Morgan fingerprint density at radius 2 is 1.82 bits per heavy atom. The van der Waals surface area contributed by atoms with Crippen molar-refractivity contribution >= 4 is 29.4 Å². The SMILES string of the molecule is COc1cc([C@H](CC(=O)[O-])NC(=O)c2ccc(Cl)cc2)ccc1OCC(N)=O. The number of ether oxygens (including phenoxy) is 2. The van der Waals surface area contributed by atoms with E-state index in [0.29, 0.717) is 16.1 Å². The summed E-state index contributed by atoms with van der Waals surface area (Å²) in [7, 11) is 1.39. The molecule has 0 spiro atoms. The standard InChI is InChI=1S/C19H19ClN2O6/c1-27-16-8-12(4-7-15(16)28-10-17(21)23)14(9-18(24)25)22-19(26)11-2-5-13(20)6-3-11/h2-8,14H,9-10H2,1H3,(H2,21,23)(H,22,26)(H,24,25)/p-1/t14-/m0/s1. The van der Waals surface area contributed by atoms with Crippen LogP contribution >= 0.6 is 11.6 Å². The molecule has 0 aliphatic carbocycles. The van der Waals surface area contributed by atoms with Gasteiger partial charge in [0.25, 0.3) is 11.8 Å². The Kier molecular flexibility index (Phi) is 7.22. The summed E-state index contributed by atoms with van der Waals surface area (Å²) in [5.41, 5.74) is 5.83. The fourth-order valence-corrected chi connectivity index (χ4v) is 2.56. The predicted molar refractivity (Wildman–Crippen MR) is 99.0 cm³/mol. The highest BCUT2D eigenvalue weighted by Crippen LogP contribution is 2.31. The van der Waals surface area contributed by atoms with Crippen molar-refractivity contribution < 1.29 is 29.0 Å². The number of aliphatic carboxylic acids is 1. The second-order valence-corrected chi connectivity index (χ2v) is 6.21. The van der Waals surface area contributed by atoms with E-state index >= 15 is 0 Å². The van der Waals surface area contributed by atoms with Crippen LogP contribution in [0.5, 0.6) is 11.5 Å². The number of carbonyl (C=O) groups is 3. The molecule has 0 radical (unpaired) electrons. The Morgan fingerprint density at radius 1 is 1.14 bits per heavy atom. The van der Waals surface area contributed by atoms with Crippen molar-refractivity contribution in [2.24, 2.45) is 5.73 Å². The Hall–Kier alpha value is -3.26. The van der Waals surface area contributed by atoms with Gasteiger partial charge in [-0.2, -0.15) is 0 Å². The normalized spacial score (nSPS) is 11.4. The average Bonchev–Trinajstić information content (AvgIpc) is 2.65. The van der Waals surface area contributed by atoms with Crippen LogP contribution in [0.2, 0.25) is 5.02 Å². The topological polar surface area (TPSA) is 131 Å². The minimum atomic E-state index is -1.34. The van der Waals surface area contributed by atoms with E-state index < -0.39 is 30.2 Å². The number of hydrogen-bond donors (Lipinski definition) is 2. The van der Waals surface area contributed by atoms with Crippen molar-refractivity contribution in [3.63, 3.8) is 0 Å². The van der Waals surface area contributed by atoms with Gasteiger partial charge in [0.2, 0.25) is 0 Å². The molecule has 0 aromatic heterocycles. The molecule has 0 unspecified atom stereocenters. The average molecular weight is 406 g/mol. The van der Waals surface area contributed by atoms with Gasteiger partial charge < -0.3 is 30.4 Å². The number of carboxylic acids is 1. The lowest BCUT2D eigenvalue weighted by Gasteiger charge is -2.21. The zero-order valence-corrected chi connectivity index (χ0v) is 15.7. The minimum Gasteiger partial charge on any atom is -0.550 e. The zero-order chi connectivity index (χ0) is 20.7. The second kappa shape index (κ2) is 9.61. The lowest BCUT2D eigenvalue weighted by atomic mass is 10.0. The lowest BCUT2D eigenvalue weighted by Crippen LogP contribution is -2.34. The number of methoxy groups -OCH3 is 1. The fourth-order valence-electron chi connectivity index (χ4n) is 2.43. The molecule has 0 saturated heterocycles. The van der Waals surface area contributed by atoms with Crippen LogP contribution < -0.4 is 25.6 Å². The molecule has 0 heterocycles. The van der Waals surface area contributed by atoms with E-state index in [1.165, 1.54) is 31.4 Å². The summed E-state index contributed by atoms with van der Waals surface area (Å²) in [6.07, 6.45) is -0.454. The van der Waals surface area contributed by atoms with Gasteiger partial charge in [-0.05, 0) is 42.0 Å². The third-order valence-electron chi connectivity index (χ3n) is 3.74. The Balaban J connectivity index is 2.26. The number of carbonyl (C=O) groups excluding carboxylic acids is 3. The zero-order valence-electron chi connectivity index (χ0n) is 14.9. The first kappa shape index (κ1) is 21.0. The first-order chi connectivity index (χ1) is 13.3. The van der Waals surface area contributed by atoms with E-state index in [9.17, 15) is 19.5 Å². The molecular weight excluding hydrogens is 388 g/mol. The highest BCUT2D eigenvalue weighted by Gasteiger charge is 2.18. The summed E-state index contributed by atoms with van der Waals surface area (Å²) in [6.45, 7) is -0.342. The highest BCUT2D eigenvalue weighted by atomic mass is 35.5. The smallest absolute Gasteiger partial charge is 0.255 e. The maximum absolute atomic E-state index is 12.4. The van der Waals surface area contributed by atoms with Gasteiger partial charge in [0.05, 0.1) is 13.2 Å². The first-order valence-electron chi connectivity index (χ1n) is 8.15. The van der Waals surface area contributed by atoms with Gasteiger partial charge >= 0.3 is 0 Å². The van der Waals surface area contributed by atoms with Crippen LogP contribution in [0.3, 0.4) is 0 Å². The molecule has 0 aliphatic rings. The molecule has 0 bridgehead atoms. The number of rotatable bonds is 9. The van der Waals surface area contributed by atoms with Gasteiger partial charge in [-0.15, -0.1) is 0 Å². The summed E-state index contributed by atoms with van der Waals surface area (Å²) in [4.78, 5) is 34.5. The molecule has 9 heteroatoms. The Labute approximate surface area is 166 Å². The third kappa shape index (κ3) is 5.88. The van der Waals surface area contributed by atoms with E-state index in [-0.39, 0.29) is 18.1 Å². The molecule has 1 atom stereocenters. The number of halogens is 1. The quantitative estimate of drug-likeness (QED) is 0.635. The molecule has 0 saturated carbocycles. The van der Waals surface area contributed by atoms with Crippen LogP contribution in [-0.4, -0.2) is 31.5 Å². The number of nitrogens with one attached hydrogen (secondary N) is 1. The first-order valence-corrected chi connectivity index (χ1v) is 8.53. The highest BCUT2D eigenvalue weighted by molar-refractivity contribution is 6.30. The van der Waals surface area contributed by atoms with Crippen LogP contribution in [0.4, 0.5) is 0 Å². The molecule has 148 valence electrons. The molecule has 2 aromatic rings. The van der Waals surface area contributed by atoms with Gasteiger partial charge in [0.1, 0.15) is 0 Å². The summed E-state index contributed by atoms with van der Waals surface area (Å²) in [6, 6.07) is 9.82. The van der Waals surface area contributed by atoms with E-state index in [4.69, 9.17) is 26.8 Å². The molecule has 3 N–H and O–H groups in total. The fraction of sp³-hybridized carbons (Fsp3) is 0.211. The number of carboxylic acid groups (broad SMARTS) is 1. The number of hydrogen-bond acceptors (Lipinski definition) is 6. The summed E-state index contributed by atoms with van der Waals surface area (Å²) in [5, 5.41) is 14.3. The molecule has 2 rings (SSSR count). The van der Waals surface area contributed by atoms with Crippen LogP contribution in [0.1, 0.15) is 28.4 Å². The molecule has 28 heavy (non-hydrogen) atoms. The molecule has 0 aliphatic heterocycles. The molecule has 2 amide bonds. The van der Waals surface area contributed by atoms with Crippen molar-refractivity contribution in [3.05, 3.63) is 58.6 Å². The number of benzene rings is 2. The van der Waals surface area contributed by atoms with Crippen molar-refractivity contribution in [2.45, 2.75) is 12.5 Å². The summed E-state index contributed by atoms with van der Waals surface area (Å²) in [5.74, 6) is -1.97. The lowest BCUT2D eigenvalue weighted by molar-refractivity contribution is -0.306. The Morgan fingerprint density at radius 3 is 2.39 bits per heavy atom. The van der Waals surface area contributed by atoms with Crippen molar-refractivity contribution in [1.82, 2.24) is 5.32 Å². The van der Waals surface area contributed by atoms with Gasteiger partial charge in [-0.3, -0.25) is 9.59 Å². The van der Waals surface area contributed by atoms with Gasteiger partial charge in [-0.25, -0.2) is 0 Å². The van der Waals surface area contributed by atoms with Gasteiger partial charge in [0.15, 0.2) is 18.1 Å². The summed E-state index contributed by atoms with van der Waals surface area (Å²) >= 11 is 5.81. The number of nitrogens with two attached hydrogens (primary N) is 1.